The Morgan fingerprint density at radius 1 is 1.44 bits per heavy atom. The number of amidine groups is 1. The third-order valence-corrected chi connectivity index (χ3v) is 2.42. The first-order chi connectivity index (χ1) is 8.76. The van der Waals surface area contributed by atoms with Gasteiger partial charge in [-0.15, -0.1) is 0 Å². The monoisotopic (exact) mass is 246 g/mol. The Labute approximate surface area is 104 Å². The number of oxime groups is 1. The van der Waals surface area contributed by atoms with Crippen molar-refractivity contribution in [3.8, 4) is 5.95 Å². The van der Waals surface area contributed by atoms with Gasteiger partial charge in [0.1, 0.15) is 11.5 Å². The molecule has 0 saturated carbocycles. The number of hydrogen-bond donors (Lipinski definition) is 2. The highest BCUT2D eigenvalue weighted by Crippen LogP contribution is 2.08. The summed E-state index contributed by atoms with van der Waals surface area (Å²) in [6, 6.07) is 1.58. The maximum absolute atomic E-state index is 8.63. The lowest BCUT2D eigenvalue weighted by Crippen LogP contribution is -2.17. The van der Waals surface area contributed by atoms with Gasteiger partial charge in [-0.2, -0.15) is 0 Å². The van der Waals surface area contributed by atoms with Gasteiger partial charge in [0.25, 0.3) is 0 Å². The van der Waals surface area contributed by atoms with E-state index in [1.165, 1.54) is 0 Å². The summed E-state index contributed by atoms with van der Waals surface area (Å²) in [5, 5.41) is 11.6. The van der Waals surface area contributed by atoms with Crippen LogP contribution >= 0.6 is 0 Å². The molecule has 3 N–H and O–H groups in total. The van der Waals surface area contributed by atoms with E-state index in [4.69, 9.17) is 10.9 Å². The van der Waals surface area contributed by atoms with E-state index in [0.29, 0.717) is 11.6 Å². The summed E-state index contributed by atoms with van der Waals surface area (Å²) in [5.74, 6) is 1.30. The second kappa shape index (κ2) is 5.26. The van der Waals surface area contributed by atoms with Crippen molar-refractivity contribution < 1.29 is 5.21 Å². The van der Waals surface area contributed by atoms with Gasteiger partial charge < -0.3 is 10.9 Å². The molecule has 0 saturated heterocycles. The van der Waals surface area contributed by atoms with Crippen LogP contribution in [-0.4, -0.2) is 30.6 Å². The third-order valence-electron chi connectivity index (χ3n) is 2.42. The SMILES string of the molecule is CCCc1nccn1-c1nccc(/C(N)=N/O)n1. The molecule has 0 spiro atoms. The van der Waals surface area contributed by atoms with Gasteiger partial charge >= 0.3 is 0 Å². The molecule has 94 valence electrons. The van der Waals surface area contributed by atoms with E-state index in [1.807, 2.05) is 0 Å². The molecule has 18 heavy (non-hydrogen) atoms. The molecule has 0 radical (unpaired) electrons. The molecule has 2 heterocycles. The Hall–Kier alpha value is -2.44. The fourth-order valence-electron chi connectivity index (χ4n) is 1.58. The van der Waals surface area contributed by atoms with Gasteiger partial charge in [-0.25, -0.2) is 15.0 Å². The number of rotatable bonds is 4. The molecule has 2 rings (SSSR count). The van der Waals surface area contributed by atoms with E-state index in [-0.39, 0.29) is 5.84 Å². The zero-order chi connectivity index (χ0) is 13.0. The normalized spacial score (nSPS) is 11.7. The number of imidazole rings is 1. The van der Waals surface area contributed by atoms with Gasteiger partial charge in [-0.1, -0.05) is 12.1 Å². The zero-order valence-corrected chi connectivity index (χ0v) is 9.98. The van der Waals surface area contributed by atoms with Crippen LogP contribution in [0.4, 0.5) is 0 Å². The van der Waals surface area contributed by atoms with Crippen LogP contribution in [0.15, 0.2) is 29.8 Å². The first-order valence-electron chi connectivity index (χ1n) is 5.59. The van der Waals surface area contributed by atoms with E-state index in [0.717, 1.165) is 18.7 Å². The van der Waals surface area contributed by atoms with Crippen LogP contribution in [0.3, 0.4) is 0 Å². The van der Waals surface area contributed by atoms with Crippen LogP contribution in [0.5, 0.6) is 0 Å². The molecule has 0 unspecified atom stereocenters. The van der Waals surface area contributed by atoms with Crippen molar-refractivity contribution in [2.75, 3.05) is 0 Å². The molecule has 2 aromatic rings. The Morgan fingerprint density at radius 3 is 3.00 bits per heavy atom. The molecule has 2 aromatic heterocycles. The van der Waals surface area contributed by atoms with Crippen molar-refractivity contribution in [3.63, 3.8) is 0 Å². The lowest BCUT2D eigenvalue weighted by Gasteiger charge is -2.06. The van der Waals surface area contributed by atoms with Crippen LogP contribution in [0.25, 0.3) is 5.95 Å². The van der Waals surface area contributed by atoms with Crippen LogP contribution in [-0.2, 0) is 6.42 Å². The molecular weight excluding hydrogens is 232 g/mol. The van der Waals surface area contributed by atoms with Crippen molar-refractivity contribution in [1.29, 1.82) is 0 Å². The average Bonchev–Trinajstić information content (AvgIpc) is 2.87. The standard InChI is InChI=1S/C11H14N6O/c1-2-3-9-13-6-7-17(9)11-14-5-4-8(15-11)10(12)16-18/h4-7,18H,2-3H2,1H3,(H2,12,16). The predicted molar refractivity (Wildman–Crippen MR) is 65.7 cm³/mol. The number of nitrogens with two attached hydrogens (primary N) is 1. The number of hydrogen-bond acceptors (Lipinski definition) is 5. The first-order valence-corrected chi connectivity index (χ1v) is 5.59. The first kappa shape index (κ1) is 12.0. The lowest BCUT2D eigenvalue weighted by molar-refractivity contribution is 0.318. The van der Waals surface area contributed by atoms with Crippen molar-refractivity contribution in [2.45, 2.75) is 19.8 Å². The van der Waals surface area contributed by atoms with E-state index < -0.39 is 0 Å². The largest absolute Gasteiger partial charge is 0.409 e. The van der Waals surface area contributed by atoms with Crippen molar-refractivity contribution >= 4 is 5.84 Å². The van der Waals surface area contributed by atoms with E-state index in [9.17, 15) is 0 Å². The molecule has 0 bridgehead atoms. The number of aryl methyl sites for hydroxylation is 1. The van der Waals surface area contributed by atoms with Gasteiger partial charge in [0.2, 0.25) is 5.95 Å². The minimum absolute atomic E-state index is 0.0455. The highest BCUT2D eigenvalue weighted by Gasteiger charge is 2.09. The highest BCUT2D eigenvalue weighted by molar-refractivity contribution is 5.95. The predicted octanol–water partition coefficient (Wildman–Crippen LogP) is 0.709. The van der Waals surface area contributed by atoms with Crippen molar-refractivity contribution in [3.05, 3.63) is 36.2 Å². The number of nitrogens with zero attached hydrogens (tertiary/aromatic N) is 5. The van der Waals surface area contributed by atoms with Crippen LogP contribution < -0.4 is 5.73 Å². The molecule has 7 nitrogen and oxygen atoms in total. The Kier molecular flexibility index (Phi) is 3.52. The summed E-state index contributed by atoms with van der Waals surface area (Å²) in [7, 11) is 0. The maximum Gasteiger partial charge on any atom is 0.235 e. The third kappa shape index (κ3) is 2.29. The van der Waals surface area contributed by atoms with Gasteiger partial charge in [0, 0.05) is 25.0 Å². The molecule has 0 aliphatic heterocycles. The lowest BCUT2D eigenvalue weighted by atomic mass is 10.3. The molecule has 0 amide bonds. The fourth-order valence-corrected chi connectivity index (χ4v) is 1.58. The molecule has 0 aliphatic carbocycles. The Morgan fingerprint density at radius 2 is 2.28 bits per heavy atom. The summed E-state index contributed by atoms with van der Waals surface area (Å²) in [6.07, 6.45) is 6.87. The Bertz CT molecular complexity index is 562. The van der Waals surface area contributed by atoms with E-state index >= 15 is 0 Å². The van der Waals surface area contributed by atoms with Crippen LogP contribution in [0, 0.1) is 0 Å². The summed E-state index contributed by atoms with van der Waals surface area (Å²) in [6.45, 7) is 2.08. The van der Waals surface area contributed by atoms with Gasteiger partial charge in [-0.3, -0.25) is 4.57 Å². The maximum atomic E-state index is 8.63. The Balaban J connectivity index is 2.41. The minimum atomic E-state index is -0.0455. The summed E-state index contributed by atoms with van der Waals surface area (Å²) in [5.41, 5.74) is 5.87. The zero-order valence-electron chi connectivity index (χ0n) is 9.98. The smallest absolute Gasteiger partial charge is 0.235 e. The highest BCUT2D eigenvalue weighted by atomic mass is 16.4. The fraction of sp³-hybridized carbons (Fsp3) is 0.273. The average molecular weight is 246 g/mol. The molecule has 0 fully saturated rings. The quantitative estimate of drug-likeness (QED) is 0.358. The molecular formula is C11H14N6O. The topological polar surface area (TPSA) is 102 Å². The second-order valence-corrected chi connectivity index (χ2v) is 3.69. The minimum Gasteiger partial charge on any atom is -0.409 e. The summed E-state index contributed by atoms with van der Waals surface area (Å²) < 4.78 is 1.79. The molecule has 7 heteroatoms. The summed E-state index contributed by atoms with van der Waals surface area (Å²) >= 11 is 0. The number of aromatic nitrogens is 4. The van der Waals surface area contributed by atoms with E-state index in [2.05, 4.69) is 27.0 Å². The van der Waals surface area contributed by atoms with Gasteiger partial charge in [0.05, 0.1) is 0 Å². The molecule has 0 aromatic carbocycles. The van der Waals surface area contributed by atoms with Crippen LogP contribution in [0.2, 0.25) is 0 Å². The van der Waals surface area contributed by atoms with Crippen molar-refractivity contribution in [2.24, 2.45) is 10.9 Å². The van der Waals surface area contributed by atoms with Crippen LogP contribution in [0.1, 0.15) is 24.9 Å². The van der Waals surface area contributed by atoms with Gasteiger partial charge in [0.15, 0.2) is 5.84 Å². The van der Waals surface area contributed by atoms with E-state index in [1.54, 1.807) is 29.2 Å². The molecule has 0 aliphatic rings. The van der Waals surface area contributed by atoms with Crippen molar-refractivity contribution in [1.82, 2.24) is 19.5 Å². The second-order valence-electron chi connectivity index (χ2n) is 3.69. The molecule has 0 atom stereocenters. The summed E-state index contributed by atoms with van der Waals surface area (Å²) in [4.78, 5) is 12.6. The van der Waals surface area contributed by atoms with Gasteiger partial charge in [-0.05, 0) is 12.5 Å².